The van der Waals surface area contributed by atoms with Gasteiger partial charge in [0.05, 0.1) is 30.7 Å². The molecule has 1 heterocycles. The Kier molecular flexibility index (Phi) is 8.29. The molecule has 0 unspecified atom stereocenters. The van der Waals surface area contributed by atoms with E-state index in [-0.39, 0.29) is 22.7 Å². The van der Waals surface area contributed by atoms with E-state index in [2.05, 4.69) is 5.32 Å². The predicted octanol–water partition coefficient (Wildman–Crippen LogP) is 6.60. The van der Waals surface area contributed by atoms with E-state index in [9.17, 15) is 27.6 Å². The molecular weight excluding hydrogens is 533 g/mol. The molecule has 0 saturated carbocycles. The third-order valence-corrected chi connectivity index (χ3v) is 6.57. The van der Waals surface area contributed by atoms with Crippen molar-refractivity contribution in [1.29, 1.82) is 0 Å². The highest BCUT2D eigenvalue weighted by molar-refractivity contribution is 8.18. The number of ether oxygens (including phenoxy) is 2. The van der Waals surface area contributed by atoms with Gasteiger partial charge in [-0.05, 0) is 78.4 Å². The summed E-state index contributed by atoms with van der Waals surface area (Å²) >= 11 is 0.818. The third kappa shape index (κ3) is 6.61. The van der Waals surface area contributed by atoms with Crippen LogP contribution in [0, 0.1) is 0 Å². The lowest BCUT2D eigenvalue weighted by atomic mass is 10.1. The number of imide groups is 1. The van der Waals surface area contributed by atoms with Crippen LogP contribution in [-0.2, 0) is 17.5 Å². The summed E-state index contributed by atoms with van der Waals surface area (Å²) in [5.74, 6) is 0.0178. The molecule has 0 aromatic heterocycles. The van der Waals surface area contributed by atoms with Crippen molar-refractivity contribution in [2.24, 2.45) is 0 Å². The Morgan fingerprint density at radius 2 is 1.77 bits per heavy atom. The molecule has 0 spiro atoms. The van der Waals surface area contributed by atoms with Gasteiger partial charge in [-0.1, -0.05) is 24.3 Å². The quantitative estimate of drug-likeness (QED) is 0.315. The Bertz CT molecular complexity index is 1440. The number of nitrogens with zero attached hydrogens (tertiary/aromatic N) is 1. The Morgan fingerprint density at radius 3 is 2.44 bits per heavy atom. The van der Waals surface area contributed by atoms with Crippen LogP contribution in [0.3, 0.4) is 0 Å². The number of methoxy groups -OCH3 is 1. The highest BCUT2D eigenvalue weighted by Crippen LogP contribution is 2.35. The lowest BCUT2D eigenvalue weighted by Gasteiger charge is -2.13. The number of anilines is 1. The first-order valence-electron chi connectivity index (χ1n) is 11.7. The predicted molar refractivity (Wildman–Crippen MR) is 142 cm³/mol. The van der Waals surface area contributed by atoms with E-state index < -0.39 is 28.8 Å². The van der Waals surface area contributed by atoms with E-state index in [0.29, 0.717) is 29.2 Å². The van der Waals surface area contributed by atoms with Crippen LogP contribution in [0.1, 0.15) is 34.0 Å². The summed E-state index contributed by atoms with van der Waals surface area (Å²) in [7, 11) is 1.51. The molecular formula is C28H23F3N2O5S. The van der Waals surface area contributed by atoms with Gasteiger partial charge in [-0.2, -0.15) is 13.2 Å². The maximum Gasteiger partial charge on any atom is 0.416 e. The van der Waals surface area contributed by atoms with Gasteiger partial charge in [-0.25, -0.2) is 0 Å². The summed E-state index contributed by atoms with van der Waals surface area (Å²) in [5.41, 5.74) is 0.598. The largest absolute Gasteiger partial charge is 0.493 e. The van der Waals surface area contributed by atoms with Crippen molar-refractivity contribution in [2.75, 3.05) is 19.0 Å². The van der Waals surface area contributed by atoms with Crippen molar-refractivity contribution < 1.29 is 37.0 Å². The van der Waals surface area contributed by atoms with Gasteiger partial charge in [0.1, 0.15) is 0 Å². The maximum absolute atomic E-state index is 12.9. The molecule has 1 N–H and O–H groups in total. The number of halogens is 3. The average molecular weight is 557 g/mol. The molecule has 7 nitrogen and oxygen atoms in total. The number of rotatable bonds is 8. The highest BCUT2D eigenvalue weighted by Gasteiger charge is 2.35. The minimum atomic E-state index is -4.53. The number of alkyl halides is 3. The van der Waals surface area contributed by atoms with Gasteiger partial charge in [0.2, 0.25) is 0 Å². The molecule has 3 aromatic carbocycles. The average Bonchev–Trinajstić information content (AvgIpc) is 3.17. The van der Waals surface area contributed by atoms with E-state index in [0.717, 1.165) is 28.8 Å². The van der Waals surface area contributed by atoms with Gasteiger partial charge in [-0.3, -0.25) is 19.3 Å². The van der Waals surface area contributed by atoms with Gasteiger partial charge in [0.25, 0.3) is 17.1 Å². The lowest BCUT2D eigenvalue weighted by molar-refractivity contribution is -0.137. The molecule has 1 saturated heterocycles. The van der Waals surface area contributed by atoms with Crippen molar-refractivity contribution in [3.8, 4) is 11.5 Å². The first-order chi connectivity index (χ1) is 18.6. The number of thioether (sulfide) groups is 1. The monoisotopic (exact) mass is 556 g/mol. The van der Waals surface area contributed by atoms with Crippen molar-refractivity contribution >= 4 is 40.6 Å². The Hall–Kier alpha value is -4.25. The minimum absolute atomic E-state index is 0.00801. The number of hydrogen-bond donors (Lipinski definition) is 1. The molecule has 0 bridgehead atoms. The van der Waals surface area contributed by atoms with Crippen molar-refractivity contribution in [3.05, 3.63) is 93.9 Å². The smallest absolute Gasteiger partial charge is 0.416 e. The van der Waals surface area contributed by atoms with Crippen LogP contribution >= 0.6 is 11.8 Å². The van der Waals surface area contributed by atoms with Gasteiger partial charge < -0.3 is 14.8 Å². The van der Waals surface area contributed by atoms with Crippen LogP contribution < -0.4 is 14.8 Å². The molecule has 0 atom stereocenters. The molecule has 1 aliphatic heterocycles. The third-order valence-electron chi connectivity index (χ3n) is 5.66. The molecule has 0 radical (unpaired) electrons. The number of carbonyl (C=O) groups excluding carboxylic acids is 3. The fraction of sp³-hybridized carbons (Fsp3) is 0.179. The number of hydrogen-bond acceptors (Lipinski definition) is 6. The molecule has 3 amide bonds. The van der Waals surface area contributed by atoms with Crippen LogP contribution in [-0.4, -0.2) is 35.7 Å². The normalized spacial score (nSPS) is 14.6. The fourth-order valence-corrected chi connectivity index (χ4v) is 4.60. The molecule has 39 heavy (non-hydrogen) atoms. The number of nitrogens with one attached hydrogen (secondary N) is 1. The van der Waals surface area contributed by atoms with Crippen molar-refractivity contribution in [2.45, 2.75) is 19.6 Å². The summed E-state index contributed by atoms with van der Waals surface area (Å²) in [5, 5.41) is 2.01. The van der Waals surface area contributed by atoms with E-state index in [1.54, 1.807) is 36.4 Å². The molecule has 4 rings (SSSR count). The summed E-state index contributed by atoms with van der Waals surface area (Å²) in [6.45, 7) is 2.31. The first-order valence-corrected chi connectivity index (χ1v) is 12.5. The summed E-state index contributed by atoms with van der Waals surface area (Å²) < 4.78 is 49.6. The second kappa shape index (κ2) is 11.6. The Balaban J connectivity index is 1.42. The summed E-state index contributed by atoms with van der Waals surface area (Å²) in [6, 6.07) is 15.6. The number of amides is 3. The zero-order valence-electron chi connectivity index (χ0n) is 20.9. The van der Waals surface area contributed by atoms with Gasteiger partial charge in [0, 0.05) is 11.3 Å². The maximum atomic E-state index is 12.9. The zero-order valence-corrected chi connectivity index (χ0v) is 21.7. The van der Waals surface area contributed by atoms with Crippen LogP contribution in [0.2, 0.25) is 0 Å². The molecule has 1 aliphatic rings. The number of benzene rings is 3. The van der Waals surface area contributed by atoms with E-state index in [1.165, 1.54) is 31.4 Å². The van der Waals surface area contributed by atoms with E-state index >= 15 is 0 Å². The lowest BCUT2D eigenvalue weighted by Crippen LogP contribution is -2.27. The summed E-state index contributed by atoms with van der Waals surface area (Å²) in [4.78, 5) is 39.4. The summed E-state index contributed by atoms with van der Waals surface area (Å²) in [6.07, 6.45) is -2.92. The topological polar surface area (TPSA) is 84.9 Å². The first kappa shape index (κ1) is 27.8. The molecule has 1 fully saturated rings. The second-order valence-corrected chi connectivity index (χ2v) is 9.33. The molecule has 0 aliphatic carbocycles. The highest BCUT2D eigenvalue weighted by atomic mass is 32.2. The van der Waals surface area contributed by atoms with Crippen LogP contribution in [0.15, 0.2) is 71.6 Å². The minimum Gasteiger partial charge on any atom is -0.493 e. The van der Waals surface area contributed by atoms with E-state index in [1.807, 2.05) is 6.92 Å². The fourth-order valence-electron chi connectivity index (χ4n) is 3.76. The molecule has 11 heteroatoms. The van der Waals surface area contributed by atoms with Crippen LogP contribution in [0.4, 0.5) is 23.7 Å². The van der Waals surface area contributed by atoms with Gasteiger partial charge in [-0.15, -0.1) is 0 Å². The number of carbonyl (C=O) groups is 3. The van der Waals surface area contributed by atoms with Crippen LogP contribution in [0.25, 0.3) is 6.08 Å². The van der Waals surface area contributed by atoms with E-state index in [4.69, 9.17) is 9.47 Å². The Labute approximate surface area is 226 Å². The molecule has 3 aromatic rings. The van der Waals surface area contributed by atoms with Crippen molar-refractivity contribution in [1.82, 2.24) is 4.90 Å². The second-order valence-electron chi connectivity index (χ2n) is 8.34. The SMILES string of the molecule is CCOc1ccc(/C=C2\SC(=O)N(Cc3ccc(C(=O)Nc4cccc(C(F)(F)F)c4)cc3)C2=O)cc1OC. The molecule has 202 valence electrons. The van der Waals surface area contributed by atoms with Gasteiger partial charge >= 0.3 is 6.18 Å². The standard InChI is InChI=1S/C28H23F3N2O5S/c1-3-38-22-12-9-18(13-23(22)37-2)14-24-26(35)33(27(36)39-24)16-17-7-10-19(11-8-17)25(34)32-21-6-4-5-20(15-21)28(29,30)31/h4-15H,3,16H2,1-2H3,(H,32,34)/b24-14-. The van der Waals surface area contributed by atoms with Gasteiger partial charge in [0.15, 0.2) is 11.5 Å². The van der Waals surface area contributed by atoms with Crippen molar-refractivity contribution in [3.63, 3.8) is 0 Å². The van der Waals surface area contributed by atoms with Crippen LogP contribution in [0.5, 0.6) is 11.5 Å². The Morgan fingerprint density at radius 1 is 1.03 bits per heavy atom. The zero-order chi connectivity index (χ0) is 28.2.